The summed E-state index contributed by atoms with van der Waals surface area (Å²) in [5.74, 6) is -0.0979. The first-order valence-corrected chi connectivity index (χ1v) is 11.0. The summed E-state index contributed by atoms with van der Waals surface area (Å²) < 4.78 is 65.4. The lowest BCUT2D eigenvalue weighted by Crippen LogP contribution is -2.03. The van der Waals surface area contributed by atoms with Crippen molar-refractivity contribution >= 4 is 28.4 Å². The SMILES string of the molecule is COc1cc(F)c(-c2ccc(N)cc2Cl)cc1-c1cccc(-c2nc3cc(C(F)(F)F)ccc3o2)c1. The lowest BCUT2D eigenvalue weighted by Gasteiger charge is -2.14. The number of benzene rings is 4. The van der Waals surface area contributed by atoms with Gasteiger partial charge in [-0.05, 0) is 54.1 Å². The van der Waals surface area contributed by atoms with E-state index in [9.17, 15) is 13.2 Å². The Bertz CT molecular complexity index is 1610. The second-order valence-electron chi connectivity index (χ2n) is 8.05. The fourth-order valence-electron chi connectivity index (χ4n) is 3.95. The van der Waals surface area contributed by atoms with Crippen LogP contribution in [0.4, 0.5) is 23.2 Å². The van der Waals surface area contributed by atoms with Crippen molar-refractivity contribution in [2.75, 3.05) is 12.8 Å². The number of methoxy groups -OCH3 is 1. The van der Waals surface area contributed by atoms with Crippen LogP contribution < -0.4 is 10.5 Å². The first kappa shape index (κ1) is 23.7. The molecule has 0 spiro atoms. The van der Waals surface area contributed by atoms with Crippen molar-refractivity contribution in [1.29, 1.82) is 0 Å². The van der Waals surface area contributed by atoms with Crippen LogP contribution in [-0.4, -0.2) is 12.1 Å². The highest BCUT2D eigenvalue weighted by Crippen LogP contribution is 2.40. The molecule has 0 unspecified atom stereocenters. The minimum absolute atomic E-state index is 0.0878. The minimum atomic E-state index is -4.49. The van der Waals surface area contributed by atoms with Crippen LogP contribution in [0.25, 0.3) is 44.8 Å². The van der Waals surface area contributed by atoms with Gasteiger partial charge in [0.15, 0.2) is 5.58 Å². The van der Waals surface area contributed by atoms with Gasteiger partial charge >= 0.3 is 6.18 Å². The third-order valence-electron chi connectivity index (χ3n) is 5.71. The molecule has 4 aromatic carbocycles. The predicted molar refractivity (Wildman–Crippen MR) is 131 cm³/mol. The maximum absolute atomic E-state index is 15.0. The molecule has 0 saturated heterocycles. The Kier molecular flexibility index (Phi) is 5.84. The highest BCUT2D eigenvalue weighted by molar-refractivity contribution is 6.33. The number of oxazole rings is 1. The molecule has 2 N–H and O–H groups in total. The van der Waals surface area contributed by atoms with Crippen molar-refractivity contribution in [3.63, 3.8) is 0 Å². The van der Waals surface area contributed by atoms with Gasteiger partial charge in [-0.1, -0.05) is 29.8 Å². The summed E-state index contributed by atoms with van der Waals surface area (Å²) in [4.78, 5) is 4.25. The number of hydrogen-bond acceptors (Lipinski definition) is 4. The Balaban J connectivity index is 1.61. The normalized spacial score (nSPS) is 11.7. The number of hydrogen-bond donors (Lipinski definition) is 1. The van der Waals surface area contributed by atoms with E-state index in [0.29, 0.717) is 33.0 Å². The number of halogens is 5. The van der Waals surface area contributed by atoms with E-state index in [1.807, 2.05) is 0 Å². The zero-order chi connectivity index (χ0) is 25.6. The highest BCUT2D eigenvalue weighted by atomic mass is 35.5. The van der Waals surface area contributed by atoms with Crippen molar-refractivity contribution in [2.24, 2.45) is 0 Å². The molecule has 0 aliphatic carbocycles. The summed E-state index contributed by atoms with van der Waals surface area (Å²) in [6.45, 7) is 0. The molecule has 0 fully saturated rings. The van der Waals surface area contributed by atoms with Crippen LogP contribution in [0.1, 0.15) is 5.56 Å². The van der Waals surface area contributed by atoms with E-state index in [1.54, 1.807) is 42.5 Å². The Morgan fingerprint density at radius 2 is 1.67 bits per heavy atom. The number of fused-ring (bicyclic) bond motifs is 1. The van der Waals surface area contributed by atoms with Crippen LogP contribution in [-0.2, 0) is 6.18 Å². The largest absolute Gasteiger partial charge is 0.496 e. The van der Waals surface area contributed by atoms with E-state index in [0.717, 1.165) is 12.1 Å². The molecular weight excluding hydrogens is 496 g/mol. The molecule has 0 aliphatic rings. The molecule has 1 aromatic heterocycles. The monoisotopic (exact) mass is 512 g/mol. The number of rotatable bonds is 4. The molecule has 0 amide bonds. The third-order valence-corrected chi connectivity index (χ3v) is 6.02. The molecule has 0 bridgehead atoms. The Labute approximate surface area is 207 Å². The second-order valence-corrected chi connectivity index (χ2v) is 8.46. The molecule has 1 heterocycles. The zero-order valence-electron chi connectivity index (χ0n) is 18.7. The quantitative estimate of drug-likeness (QED) is 0.194. The van der Waals surface area contributed by atoms with Crippen LogP contribution in [0.15, 0.2) is 77.2 Å². The Hall–Kier alpha value is -4.04. The summed E-state index contributed by atoms with van der Waals surface area (Å²) in [5.41, 5.74) is 8.18. The van der Waals surface area contributed by atoms with E-state index in [-0.39, 0.29) is 28.3 Å². The molecule has 9 heteroatoms. The number of nitrogens with zero attached hydrogens (tertiary/aromatic N) is 1. The molecule has 36 heavy (non-hydrogen) atoms. The first-order chi connectivity index (χ1) is 17.1. The van der Waals surface area contributed by atoms with Gasteiger partial charge in [0, 0.05) is 34.0 Å². The number of ether oxygens (including phenoxy) is 1. The molecular formula is C27H17ClF4N2O2. The third kappa shape index (κ3) is 4.35. The molecule has 0 atom stereocenters. The van der Waals surface area contributed by atoms with Crippen LogP contribution in [0.3, 0.4) is 0 Å². The Morgan fingerprint density at radius 1 is 0.889 bits per heavy atom. The molecule has 5 aromatic rings. The molecule has 5 rings (SSSR count). The summed E-state index contributed by atoms with van der Waals surface area (Å²) in [5, 5.41) is 0.295. The van der Waals surface area contributed by atoms with Gasteiger partial charge < -0.3 is 14.9 Å². The lowest BCUT2D eigenvalue weighted by atomic mass is 9.96. The molecule has 0 aliphatic heterocycles. The fraction of sp³-hybridized carbons (Fsp3) is 0.0741. The number of nitrogens with two attached hydrogens (primary N) is 1. The lowest BCUT2D eigenvalue weighted by molar-refractivity contribution is -0.137. The number of nitrogen functional groups attached to an aromatic ring is 1. The van der Waals surface area contributed by atoms with Crippen LogP contribution in [0, 0.1) is 5.82 Å². The van der Waals surface area contributed by atoms with Crippen molar-refractivity contribution in [2.45, 2.75) is 6.18 Å². The summed E-state index contributed by atoms with van der Waals surface area (Å²) in [6, 6.07) is 17.8. The van der Waals surface area contributed by atoms with Gasteiger partial charge in [0.05, 0.1) is 17.7 Å². The average molecular weight is 513 g/mol. The van der Waals surface area contributed by atoms with Gasteiger partial charge in [-0.2, -0.15) is 13.2 Å². The van der Waals surface area contributed by atoms with E-state index in [2.05, 4.69) is 4.98 Å². The van der Waals surface area contributed by atoms with Crippen LogP contribution in [0.2, 0.25) is 5.02 Å². The standard InChI is InChI=1S/C27H17ClF4N2O2/c1-35-25-13-22(29)20(18-7-6-17(33)11-21(18)28)12-19(25)14-3-2-4-15(9-14)26-34-23-10-16(27(30,31)32)5-8-24(23)36-26/h2-13H,33H2,1H3. The van der Waals surface area contributed by atoms with Gasteiger partial charge in [0.25, 0.3) is 0 Å². The van der Waals surface area contributed by atoms with Gasteiger partial charge in [-0.3, -0.25) is 0 Å². The second kappa shape index (κ2) is 8.87. The summed E-state index contributed by atoms with van der Waals surface area (Å²) in [6.07, 6.45) is -4.49. The predicted octanol–water partition coefficient (Wildman–Crippen LogP) is 8.23. The van der Waals surface area contributed by atoms with Gasteiger partial charge in [-0.15, -0.1) is 0 Å². The average Bonchev–Trinajstić information content (AvgIpc) is 3.27. The molecule has 182 valence electrons. The highest BCUT2D eigenvalue weighted by Gasteiger charge is 2.31. The molecule has 4 nitrogen and oxygen atoms in total. The van der Waals surface area contributed by atoms with Gasteiger partial charge in [-0.25, -0.2) is 9.37 Å². The fourth-order valence-corrected chi connectivity index (χ4v) is 4.24. The van der Waals surface area contributed by atoms with E-state index < -0.39 is 17.6 Å². The smallest absolute Gasteiger partial charge is 0.416 e. The van der Waals surface area contributed by atoms with Crippen molar-refractivity contribution in [1.82, 2.24) is 4.98 Å². The topological polar surface area (TPSA) is 61.3 Å². The van der Waals surface area contributed by atoms with Crippen LogP contribution in [0.5, 0.6) is 5.75 Å². The molecule has 0 saturated carbocycles. The van der Waals surface area contributed by atoms with Crippen molar-refractivity contribution in [3.8, 4) is 39.5 Å². The van der Waals surface area contributed by atoms with Crippen molar-refractivity contribution < 1.29 is 26.7 Å². The zero-order valence-corrected chi connectivity index (χ0v) is 19.4. The maximum Gasteiger partial charge on any atom is 0.416 e. The maximum atomic E-state index is 15.0. The van der Waals surface area contributed by atoms with E-state index >= 15 is 4.39 Å². The number of aromatic nitrogens is 1. The van der Waals surface area contributed by atoms with E-state index in [4.69, 9.17) is 26.5 Å². The van der Waals surface area contributed by atoms with Gasteiger partial charge in [0.2, 0.25) is 5.89 Å². The summed E-state index contributed by atoms with van der Waals surface area (Å²) >= 11 is 6.32. The number of alkyl halides is 3. The van der Waals surface area contributed by atoms with Gasteiger partial charge in [0.1, 0.15) is 17.1 Å². The Morgan fingerprint density at radius 3 is 2.39 bits per heavy atom. The minimum Gasteiger partial charge on any atom is -0.496 e. The summed E-state index contributed by atoms with van der Waals surface area (Å²) in [7, 11) is 1.43. The van der Waals surface area contributed by atoms with Crippen LogP contribution >= 0.6 is 11.6 Å². The number of anilines is 1. The van der Waals surface area contributed by atoms with Crippen molar-refractivity contribution in [3.05, 3.63) is 89.2 Å². The molecule has 0 radical (unpaired) electrons. The first-order valence-electron chi connectivity index (χ1n) is 10.7. The van der Waals surface area contributed by atoms with E-state index in [1.165, 1.54) is 25.3 Å².